The van der Waals surface area contributed by atoms with Crippen LogP contribution >= 0.6 is 11.8 Å². The lowest BCUT2D eigenvalue weighted by Gasteiger charge is -2.10. The maximum Gasteiger partial charge on any atom is 0.321 e. The van der Waals surface area contributed by atoms with E-state index in [1.807, 2.05) is 0 Å². The summed E-state index contributed by atoms with van der Waals surface area (Å²) in [5.74, 6) is -0.376. The van der Waals surface area contributed by atoms with Crippen LogP contribution in [0.2, 0.25) is 0 Å². The Bertz CT molecular complexity index is 448. The van der Waals surface area contributed by atoms with E-state index in [-0.39, 0.29) is 11.1 Å². The Morgan fingerprint density at radius 3 is 2.59 bits per heavy atom. The lowest BCUT2D eigenvalue weighted by atomic mass is 10.2. The molecule has 1 aliphatic rings. The van der Waals surface area contributed by atoms with Crippen molar-refractivity contribution in [3.8, 4) is 0 Å². The Morgan fingerprint density at radius 1 is 1.47 bits per heavy atom. The van der Waals surface area contributed by atoms with Crippen molar-refractivity contribution in [3.05, 3.63) is 39.9 Å². The zero-order valence-corrected chi connectivity index (χ0v) is 9.52. The van der Waals surface area contributed by atoms with Gasteiger partial charge in [-0.2, -0.15) is 0 Å². The number of hydrogen-bond acceptors (Lipinski definition) is 5. The second-order valence-electron chi connectivity index (χ2n) is 3.62. The van der Waals surface area contributed by atoms with Crippen LogP contribution in [-0.4, -0.2) is 27.8 Å². The first-order valence-corrected chi connectivity index (χ1v) is 5.97. The zero-order valence-electron chi connectivity index (χ0n) is 8.70. The minimum Gasteiger partial charge on any atom is -0.480 e. The molecule has 7 heteroatoms. The van der Waals surface area contributed by atoms with Gasteiger partial charge in [0, 0.05) is 17.9 Å². The van der Waals surface area contributed by atoms with Crippen molar-refractivity contribution in [1.82, 2.24) is 5.32 Å². The van der Waals surface area contributed by atoms with Crippen LogP contribution in [-0.2, 0) is 4.79 Å². The molecule has 0 aromatic heterocycles. The number of non-ortho nitro benzene ring substituents is 1. The van der Waals surface area contributed by atoms with Crippen LogP contribution in [0.3, 0.4) is 0 Å². The molecule has 0 bridgehead atoms. The molecule has 0 aliphatic carbocycles. The number of nitro groups is 1. The van der Waals surface area contributed by atoms with E-state index < -0.39 is 16.9 Å². The van der Waals surface area contributed by atoms with E-state index in [2.05, 4.69) is 5.32 Å². The van der Waals surface area contributed by atoms with Gasteiger partial charge in [0.05, 0.1) is 10.3 Å². The van der Waals surface area contributed by atoms with Gasteiger partial charge >= 0.3 is 5.97 Å². The number of benzene rings is 1. The smallest absolute Gasteiger partial charge is 0.321 e. The van der Waals surface area contributed by atoms with Gasteiger partial charge in [-0.05, 0) is 17.7 Å². The highest BCUT2D eigenvalue weighted by Crippen LogP contribution is 2.33. The molecule has 1 fully saturated rings. The van der Waals surface area contributed by atoms with Crippen molar-refractivity contribution in [2.45, 2.75) is 11.4 Å². The summed E-state index contributed by atoms with van der Waals surface area (Å²) in [6.07, 6.45) is 0. The van der Waals surface area contributed by atoms with E-state index in [4.69, 9.17) is 5.11 Å². The molecule has 17 heavy (non-hydrogen) atoms. The summed E-state index contributed by atoms with van der Waals surface area (Å²) in [4.78, 5) is 20.8. The van der Waals surface area contributed by atoms with Gasteiger partial charge in [-0.25, -0.2) is 0 Å². The molecule has 0 amide bonds. The average molecular weight is 254 g/mol. The molecule has 1 heterocycles. The number of carbonyl (C=O) groups is 1. The third-order valence-corrected chi connectivity index (χ3v) is 3.75. The molecular weight excluding hydrogens is 244 g/mol. The van der Waals surface area contributed by atoms with E-state index >= 15 is 0 Å². The highest BCUT2D eigenvalue weighted by molar-refractivity contribution is 7.99. The number of rotatable bonds is 3. The van der Waals surface area contributed by atoms with Crippen LogP contribution in [0.1, 0.15) is 10.9 Å². The van der Waals surface area contributed by atoms with Gasteiger partial charge in [0.15, 0.2) is 0 Å². The second kappa shape index (κ2) is 4.72. The van der Waals surface area contributed by atoms with Gasteiger partial charge in [-0.3, -0.25) is 20.2 Å². The Hall–Kier alpha value is -1.60. The van der Waals surface area contributed by atoms with E-state index in [0.717, 1.165) is 5.56 Å². The molecule has 0 spiro atoms. The third kappa shape index (κ3) is 2.56. The van der Waals surface area contributed by atoms with Crippen LogP contribution in [0.4, 0.5) is 5.69 Å². The summed E-state index contributed by atoms with van der Waals surface area (Å²) in [7, 11) is 0. The minimum atomic E-state index is -0.873. The van der Waals surface area contributed by atoms with Gasteiger partial charge in [-0.15, -0.1) is 11.8 Å². The summed E-state index contributed by atoms with van der Waals surface area (Å²) in [5.41, 5.74) is 0.885. The number of nitrogens with one attached hydrogen (secondary N) is 1. The highest BCUT2D eigenvalue weighted by Gasteiger charge is 2.30. The first-order chi connectivity index (χ1) is 8.08. The second-order valence-corrected chi connectivity index (χ2v) is 4.76. The van der Waals surface area contributed by atoms with Crippen LogP contribution < -0.4 is 5.32 Å². The van der Waals surface area contributed by atoms with Crippen LogP contribution in [0.25, 0.3) is 0 Å². The van der Waals surface area contributed by atoms with Gasteiger partial charge < -0.3 is 5.11 Å². The molecule has 1 aliphatic heterocycles. The van der Waals surface area contributed by atoms with E-state index in [1.54, 1.807) is 12.1 Å². The molecule has 1 aromatic rings. The largest absolute Gasteiger partial charge is 0.480 e. The topological polar surface area (TPSA) is 92.5 Å². The summed E-state index contributed by atoms with van der Waals surface area (Å²) >= 11 is 1.48. The van der Waals surface area contributed by atoms with Crippen molar-refractivity contribution < 1.29 is 14.8 Å². The molecule has 90 valence electrons. The Balaban J connectivity index is 2.09. The summed E-state index contributed by atoms with van der Waals surface area (Å²) in [5, 5.41) is 22.1. The summed E-state index contributed by atoms with van der Waals surface area (Å²) in [6, 6.07) is 5.58. The summed E-state index contributed by atoms with van der Waals surface area (Å²) < 4.78 is 0. The predicted octanol–water partition coefficient (Wildman–Crippen LogP) is 1.38. The quantitative estimate of drug-likeness (QED) is 0.625. The van der Waals surface area contributed by atoms with Crippen molar-refractivity contribution in [1.29, 1.82) is 0 Å². The van der Waals surface area contributed by atoms with Gasteiger partial charge in [-0.1, -0.05) is 0 Å². The number of nitro benzene ring substituents is 1. The van der Waals surface area contributed by atoms with Gasteiger partial charge in [0.25, 0.3) is 5.69 Å². The van der Waals surface area contributed by atoms with Crippen LogP contribution in [0, 0.1) is 10.1 Å². The zero-order chi connectivity index (χ0) is 12.4. The maximum atomic E-state index is 10.8. The van der Waals surface area contributed by atoms with E-state index in [1.165, 1.54) is 23.9 Å². The fourth-order valence-corrected chi connectivity index (χ4v) is 2.81. The average Bonchev–Trinajstić information content (AvgIpc) is 2.78. The molecule has 0 radical (unpaired) electrons. The lowest BCUT2D eigenvalue weighted by Crippen LogP contribution is -2.33. The van der Waals surface area contributed by atoms with E-state index in [0.29, 0.717) is 5.75 Å². The predicted molar refractivity (Wildman–Crippen MR) is 62.9 cm³/mol. The number of carboxylic acid groups (broad SMARTS) is 1. The molecule has 1 aromatic carbocycles. The fourth-order valence-electron chi connectivity index (χ4n) is 1.58. The number of thioether (sulfide) groups is 1. The maximum absolute atomic E-state index is 10.8. The molecule has 2 atom stereocenters. The Kier molecular flexibility index (Phi) is 3.30. The summed E-state index contributed by atoms with van der Waals surface area (Å²) in [6.45, 7) is 0. The minimum absolute atomic E-state index is 0.0338. The van der Waals surface area contributed by atoms with Gasteiger partial charge in [0.1, 0.15) is 6.04 Å². The van der Waals surface area contributed by atoms with Crippen LogP contribution in [0.15, 0.2) is 24.3 Å². The lowest BCUT2D eigenvalue weighted by molar-refractivity contribution is -0.384. The van der Waals surface area contributed by atoms with Gasteiger partial charge in [0.2, 0.25) is 0 Å². The molecule has 0 saturated carbocycles. The van der Waals surface area contributed by atoms with Crippen LogP contribution in [0.5, 0.6) is 0 Å². The highest BCUT2D eigenvalue weighted by atomic mass is 32.2. The van der Waals surface area contributed by atoms with E-state index in [9.17, 15) is 14.9 Å². The van der Waals surface area contributed by atoms with Crippen molar-refractivity contribution in [2.75, 3.05) is 5.75 Å². The first-order valence-electron chi connectivity index (χ1n) is 4.93. The normalized spacial score (nSPS) is 23.5. The standard InChI is InChI=1S/C10H10N2O4S/c13-10(14)8-5-17-9(11-8)6-1-3-7(4-2-6)12(15)16/h1-4,8-9,11H,5H2,(H,13,14)/t8-,9-/m0/s1. The third-order valence-electron chi connectivity index (χ3n) is 2.49. The molecule has 2 rings (SSSR count). The van der Waals surface area contributed by atoms with Crippen molar-refractivity contribution >= 4 is 23.4 Å². The first kappa shape index (κ1) is 11.9. The van der Waals surface area contributed by atoms with Crippen molar-refractivity contribution in [3.63, 3.8) is 0 Å². The monoisotopic (exact) mass is 254 g/mol. The Labute approximate surface area is 101 Å². The molecule has 1 saturated heterocycles. The number of aliphatic carboxylic acids is 1. The molecular formula is C10H10N2O4S. The number of nitrogens with zero attached hydrogens (tertiary/aromatic N) is 1. The fraction of sp³-hybridized carbons (Fsp3) is 0.300. The molecule has 0 unspecified atom stereocenters. The number of carboxylic acids is 1. The number of hydrogen-bond donors (Lipinski definition) is 2. The molecule has 6 nitrogen and oxygen atoms in total. The Morgan fingerprint density at radius 2 is 2.12 bits per heavy atom. The van der Waals surface area contributed by atoms with Crippen molar-refractivity contribution in [2.24, 2.45) is 0 Å². The SMILES string of the molecule is O=C(O)[C@@H]1CS[C@@H](c2ccc([N+](=O)[O-])cc2)N1. The molecule has 2 N–H and O–H groups in total.